The first kappa shape index (κ1) is 13.5. The maximum absolute atomic E-state index is 12.3. The molecule has 0 aliphatic heterocycles. The maximum atomic E-state index is 12.3. The average molecular weight is 320 g/mol. The third-order valence-corrected chi connectivity index (χ3v) is 3.21. The van der Waals surface area contributed by atoms with Gasteiger partial charge in [0.05, 0.1) is 17.8 Å². The van der Waals surface area contributed by atoms with E-state index < -0.39 is 0 Å². The zero-order chi connectivity index (χ0) is 13.8. The standard InChI is InChI=1S/C14H14BrN3O/c1-18(9-11-4-2-3-7-17-11)14(19)12-6-5-10(15)8-13(12)16/h2-8H,9,16H2,1H3. The third-order valence-electron chi connectivity index (χ3n) is 2.72. The number of pyridine rings is 1. The Hall–Kier alpha value is -1.88. The molecule has 0 aliphatic rings. The van der Waals surface area contributed by atoms with E-state index in [9.17, 15) is 4.79 Å². The molecule has 0 saturated heterocycles. The highest BCUT2D eigenvalue weighted by Gasteiger charge is 2.15. The van der Waals surface area contributed by atoms with Crippen molar-refractivity contribution in [1.29, 1.82) is 0 Å². The highest BCUT2D eigenvalue weighted by molar-refractivity contribution is 9.10. The summed E-state index contributed by atoms with van der Waals surface area (Å²) in [5, 5.41) is 0. The summed E-state index contributed by atoms with van der Waals surface area (Å²) in [4.78, 5) is 18.1. The molecular formula is C14H14BrN3O. The lowest BCUT2D eigenvalue weighted by Crippen LogP contribution is -2.27. The lowest BCUT2D eigenvalue weighted by molar-refractivity contribution is 0.0784. The number of amides is 1. The number of hydrogen-bond donors (Lipinski definition) is 1. The van der Waals surface area contributed by atoms with Crippen LogP contribution in [0.25, 0.3) is 0 Å². The Kier molecular flexibility index (Phi) is 4.16. The minimum Gasteiger partial charge on any atom is -0.398 e. The van der Waals surface area contributed by atoms with Crippen LogP contribution in [-0.4, -0.2) is 22.8 Å². The van der Waals surface area contributed by atoms with Crippen LogP contribution in [0.15, 0.2) is 47.1 Å². The number of benzene rings is 1. The lowest BCUT2D eigenvalue weighted by Gasteiger charge is -2.17. The third kappa shape index (κ3) is 3.32. The number of nitrogens with two attached hydrogens (primary N) is 1. The molecular weight excluding hydrogens is 306 g/mol. The van der Waals surface area contributed by atoms with Crippen molar-refractivity contribution >= 4 is 27.5 Å². The van der Waals surface area contributed by atoms with E-state index >= 15 is 0 Å². The molecule has 0 spiro atoms. The predicted molar refractivity (Wildman–Crippen MR) is 78.6 cm³/mol. The molecule has 0 radical (unpaired) electrons. The number of halogens is 1. The van der Waals surface area contributed by atoms with Crippen LogP contribution in [0.3, 0.4) is 0 Å². The first-order valence-corrected chi connectivity index (χ1v) is 6.57. The highest BCUT2D eigenvalue weighted by Crippen LogP contribution is 2.20. The van der Waals surface area contributed by atoms with E-state index in [1.165, 1.54) is 0 Å². The summed E-state index contributed by atoms with van der Waals surface area (Å²) < 4.78 is 0.855. The second-order valence-electron chi connectivity index (χ2n) is 4.21. The molecule has 1 amide bonds. The smallest absolute Gasteiger partial charge is 0.256 e. The minimum absolute atomic E-state index is 0.115. The van der Waals surface area contributed by atoms with Crippen LogP contribution >= 0.6 is 15.9 Å². The molecule has 0 unspecified atom stereocenters. The van der Waals surface area contributed by atoms with E-state index in [0.717, 1.165) is 10.2 Å². The summed E-state index contributed by atoms with van der Waals surface area (Å²) in [6, 6.07) is 10.9. The van der Waals surface area contributed by atoms with Crippen LogP contribution in [0.5, 0.6) is 0 Å². The number of carbonyl (C=O) groups excluding carboxylic acids is 1. The van der Waals surface area contributed by atoms with Crippen LogP contribution in [0.4, 0.5) is 5.69 Å². The molecule has 98 valence electrons. The fraction of sp³-hybridized carbons (Fsp3) is 0.143. The number of aromatic nitrogens is 1. The first-order valence-electron chi connectivity index (χ1n) is 5.78. The van der Waals surface area contributed by atoms with Crippen molar-refractivity contribution < 1.29 is 4.79 Å². The molecule has 19 heavy (non-hydrogen) atoms. The number of rotatable bonds is 3. The van der Waals surface area contributed by atoms with E-state index in [4.69, 9.17) is 5.73 Å². The van der Waals surface area contributed by atoms with E-state index in [1.54, 1.807) is 36.3 Å². The number of carbonyl (C=O) groups is 1. The van der Waals surface area contributed by atoms with Gasteiger partial charge >= 0.3 is 0 Å². The Morgan fingerprint density at radius 1 is 1.37 bits per heavy atom. The molecule has 1 heterocycles. The maximum Gasteiger partial charge on any atom is 0.256 e. The highest BCUT2D eigenvalue weighted by atomic mass is 79.9. The van der Waals surface area contributed by atoms with Gasteiger partial charge in [-0.05, 0) is 30.3 Å². The second kappa shape index (κ2) is 5.84. The van der Waals surface area contributed by atoms with Crippen molar-refractivity contribution in [3.63, 3.8) is 0 Å². The predicted octanol–water partition coefficient (Wildman–Crippen LogP) is 2.70. The van der Waals surface area contributed by atoms with Gasteiger partial charge < -0.3 is 10.6 Å². The van der Waals surface area contributed by atoms with Gasteiger partial charge in [0.2, 0.25) is 0 Å². The van der Waals surface area contributed by atoms with Gasteiger partial charge in [-0.25, -0.2) is 0 Å². The molecule has 5 heteroatoms. The van der Waals surface area contributed by atoms with Crippen molar-refractivity contribution in [2.24, 2.45) is 0 Å². The lowest BCUT2D eigenvalue weighted by atomic mass is 10.1. The fourth-order valence-electron chi connectivity index (χ4n) is 1.74. The van der Waals surface area contributed by atoms with Crippen LogP contribution in [0.2, 0.25) is 0 Å². The Bertz CT molecular complexity index is 586. The summed E-state index contributed by atoms with van der Waals surface area (Å²) in [6.07, 6.45) is 1.71. The molecule has 0 fully saturated rings. The largest absolute Gasteiger partial charge is 0.398 e. The van der Waals surface area contributed by atoms with Crippen LogP contribution in [0.1, 0.15) is 16.1 Å². The number of nitrogen functional groups attached to an aromatic ring is 1. The number of nitrogens with zero attached hydrogens (tertiary/aromatic N) is 2. The van der Waals surface area contributed by atoms with Crippen LogP contribution in [0, 0.1) is 0 Å². The van der Waals surface area contributed by atoms with Gasteiger partial charge in [0.25, 0.3) is 5.91 Å². The van der Waals surface area contributed by atoms with E-state index in [0.29, 0.717) is 17.8 Å². The molecule has 2 N–H and O–H groups in total. The van der Waals surface area contributed by atoms with Gasteiger partial charge in [-0.3, -0.25) is 9.78 Å². The van der Waals surface area contributed by atoms with Crippen molar-refractivity contribution in [2.45, 2.75) is 6.54 Å². The molecule has 0 aliphatic carbocycles. The summed E-state index contributed by atoms with van der Waals surface area (Å²) in [5.74, 6) is -0.115. The Labute approximate surface area is 120 Å². The first-order chi connectivity index (χ1) is 9.08. The van der Waals surface area contributed by atoms with Gasteiger partial charge in [-0.2, -0.15) is 0 Å². The average Bonchev–Trinajstić information content (AvgIpc) is 2.39. The van der Waals surface area contributed by atoms with Crippen LogP contribution in [-0.2, 0) is 6.54 Å². The number of anilines is 1. The van der Waals surface area contributed by atoms with Crippen molar-refractivity contribution in [3.8, 4) is 0 Å². The summed E-state index contributed by atoms with van der Waals surface area (Å²) >= 11 is 3.32. The molecule has 1 aromatic heterocycles. The molecule has 0 atom stereocenters. The second-order valence-corrected chi connectivity index (χ2v) is 5.13. The normalized spacial score (nSPS) is 10.2. The van der Waals surface area contributed by atoms with E-state index in [2.05, 4.69) is 20.9 Å². The van der Waals surface area contributed by atoms with E-state index in [1.807, 2.05) is 18.2 Å². The summed E-state index contributed by atoms with van der Waals surface area (Å²) in [5.41, 5.74) is 7.67. The van der Waals surface area contributed by atoms with Gasteiger partial charge in [-0.15, -0.1) is 0 Å². The molecule has 4 nitrogen and oxygen atoms in total. The molecule has 0 bridgehead atoms. The van der Waals surface area contributed by atoms with Gasteiger partial charge in [0.15, 0.2) is 0 Å². The number of hydrogen-bond acceptors (Lipinski definition) is 3. The van der Waals surface area contributed by atoms with Gasteiger partial charge in [-0.1, -0.05) is 22.0 Å². The van der Waals surface area contributed by atoms with Gasteiger partial charge in [0.1, 0.15) is 0 Å². The van der Waals surface area contributed by atoms with E-state index in [-0.39, 0.29) is 5.91 Å². The molecule has 2 aromatic rings. The minimum atomic E-state index is -0.115. The van der Waals surface area contributed by atoms with Gasteiger partial charge in [0, 0.05) is 23.4 Å². The fourth-order valence-corrected chi connectivity index (χ4v) is 2.12. The molecule has 0 saturated carbocycles. The quantitative estimate of drug-likeness (QED) is 0.885. The van der Waals surface area contributed by atoms with Crippen molar-refractivity contribution in [2.75, 3.05) is 12.8 Å². The SMILES string of the molecule is CN(Cc1ccccn1)C(=O)c1ccc(Br)cc1N. The zero-order valence-electron chi connectivity index (χ0n) is 10.5. The summed E-state index contributed by atoms with van der Waals surface area (Å²) in [6.45, 7) is 0.454. The topological polar surface area (TPSA) is 59.2 Å². The Morgan fingerprint density at radius 3 is 2.79 bits per heavy atom. The van der Waals surface area contributed by atoms with Crippen molar-refractivity contribution in [1.82, 2.24) is 9.88 Å². The molecule has 1 aromatic carbocycles. The summed E-state index contributed by atoms with van der Waals surface area (Å²) in [7, 11) is 1.73. The zero-order valence-corrected chi connectivity index (χ0v) is 12.1. The van der Waals surface area contributed by atoms with Crippen LogP contribution < -0.4 is 5.73 Å². The monoisotopic (exact) mass is 319 g/mol. The Balaban J connectivity index is 2.15. The van der Waals surface area contributed by atoms with Crippen molar-refractivity contribution in [3.05, 3.63) is 58.3 Å². The molecule has 2 rings (SSSR count). The Morgan fingerprint density at radius 2 is 2.16 bits per heavy atom.